The van der Waals surface area contributed by atoms with Gasteiger partial charge in [0, 0.05) is 49.4 Å². The van der Waals surface area contributed by atoms with Gasteiger partial charge in [-0.3, -0.25) is 0 Å². The second kappa shape index (κ2) is 12.5. The van der Waals surface area contributed by atoms with E-state index >= 15 is 0 Å². The summed E-state index contributed by atoms with van der Waals surface area (Å²) in [6, 6.07) is 77.5. The van der Waals surface area contributed by atoms with Gasteiger partial charge in [0.25, 0.3) is 0 Å². The molecule has 3 nitrogen and oxygen atoms in total. The van der Waals surface area contributed by atoms with Crippen LogP contribution < -0.4 is 0 Å². The summed E-state index contributed by atoms with van der Waals surface area (Å²) in [5.74, 6) is 0. The van der Waals surface area contributed by atoms with E-state index < -0.39 is 0 Å². The fraction of sp³-hybridized carbons (Fsp3) is 0. The third-order valence-electron chi connectivity index (χ3n) is 11.8. The zero-order chi connectivity index (χ0) is 37.5. The van der Waals surface area contributed by atoms with Crippen molar-refractivity contribution in [1.82, 2.24) is 13.7 Å². The minimum atomic E-state index is 1.13. The van der Waals surface area contributed by atoms with Crippen molar-refractivity contribution in [3.8, 4) is 39.3 Å². The number of fused-ring (bicyclic) bond motifs is 10. The van der Waals surface area contributed by atoms with Gasteiger partial charge in [-0.25, -0.2) is 0 Å². The minimum absolute atomic E-state index is 1.13. The van der Waals surface area contributed by atoms with Gasteiger partial charge in [0.1, 0.15) is 0 Å². The fourth-order valence-corrected chi connectivity index (χ4v) is 9.34. The molecule has 0 unspecified atom stereocenters. The monoisotopic (exact) mass is 725 g/mol. The Balaban J connectivity index is 1.20. The molecule has 3 heterocycles. The van der Waals surface area contributed by atoms with Crippen molar-refractivity contribution in [2.75, 3.05) is 0 Å². The van der Waals surface area contributed by atoms with E-state index in [0.29, 0.717) is 0 Å². The molecule has 0 bridgehead atoms. The van der Waals surface area contributed by atoms with E-state index in [1.165, 1.54) is 87.7 Å². The summed E-state index contributed by atoms with van der Waals surface area (Å²) >= 11 is 0. The molecule has 3 heteroatoms. The van der Waals surface area contributed by atoms with Gasteiger partial charge in [-0.05, 0) is 82.9 Å². The molecule has 0 radical (unpaired) electrons. The summed E-state index contributed by atoms with van der Waals surface area (Å²) in [7, 11) is 0. The summed E-state index contributed by atoms with van der Waals surface area (Å²) < 4.78 is 7.39. The molecule has 57 heavy (non-hydrogen) atoms. The highest BCUT2D eigenvalue weighted by molar-refractivity contribution is 6.26. The van der Waals surface area contributed by atoms with Crippen LogP contribution in [0.25, 0.3) is 105 Å². The average Bonchev–Trinajstić information content (AvgIpc) is 3.92. The quantitative estimate of drug-likeness (QED) is 0.168. The Morgan fingerprint density at radius 3 is 1.28 bits per heavy atom. The Morgan fingerprint density at radius 2 is 0.667 bits per heavy atom. The maximum absolute atomic E-state index is 2.52. The first kappa shape index (κ1) is 31.7. The van der Waals surface area contributed by atoms with Gasteiger partial charge in [-0.1, -0.05) is 152 Å². The lowest BCUT2D eigenvalue weighted by Crippen LogP contribution is -1.98. The molecule has 12 rings (SSSR count). The molecule has 0 N–H and O–H groups in total. The molecule has 3 aromatic heterocycles. The Hall–Kier alpha value is -7.62. The lowest BCUT2D eigenvalue weighted by Gasteiger charge is -2.13. The summed E-state index contributed by atoms with van der Waals surface area (Å²) in [6.07, 6.45) is 0. The molecule has 266 valence electrons. The first-order valence-electron chi connectivity index (χ1n) is 19.6. The molecule has 0 fully saturated rings. The smallest absolute Gasteiger partial charge is 0.0641 e. The Morgan fingerprint density at radius 1 is 0.228 bits per heavy atom. The van der Waals surface area contributed by atoms with Crippen molar-refractivity contribution >= 4 is 65.4 Å². The summed E-state index contributed by atoms with van der Waals surface area (Å²) in [6.45, 7) is 0. The molecular weight excluding hydrogens is 691 g/mol. The highest BCUT2D eigenvalue weighted by atomic mass is 15.0. The Bertz CT molecular complexity index is 3460. The van der Waals surface area contributed by atoms with Crippen LogP contribution in [0.3, 0.4) is 0 Å². The molecule has 0 aliphatic rings. The van der Waals surface area contributed by atoms with Crippen LogP contribution in [-0.2, 0) is 0 Å². The van der Waals surface area contributed by atoms with Crippen molar-refractivity contribution in [2.24, 2.45) is 0 Å². The third kappa shape index (κ3) is 4.79. The van der Waals surface area contributed by atoms with Gasteiger partial charge in [0.05, 0.1) is 33.1 Å². The fourth-order valence-electron chi connectivity index (χ4n) is 9.34. The van der Waals surface area contributed by atoms with Crippen molar-refractivity contribution in [2.45, 2.75) is 0 Å². The normalized spacial score (nSPS) is 11.9. The standard InChI is InChI=1S/C54H35N3/c1-3-15-36(16-4-1)38-19-13-21-40(33-38)56-50-28-12-9-25-47(50)53-51(56)32-31-46-45-30-29-42(55-48-26-10-7-23-43(48)44-24-8-11-27-49(44)55)35-52(45)57(54(46)53)41-22-14-20-39(34-41)37-17-5-2-6-18-37/h1-35H. The molecule has 0 saturated heterocycles. The van der Waals surface area contributed by atoms with E-state index in [4.69, 9.17) is 0 Å². The van der Waals surface area contributed by atoms with E-state index in [0.717, 1.165) is 17.1 Å². The minimum Gasteiger partial charge on any atom is -0.309 e. The molecule has 12 aromatic rings. The van der Waals surface area contributed by atoms with Crippen LogP contribution in [0, 0.1) is 0 Å². The zero-order valence-electron chi connectivity index (χ0n) is 31.0. The van der Waals surface area contributed by atoms with Crippen LogP contribution in [0.5, 0.6) is 0 Å². The lowest BCUT2D eigenvalue weighted by atomic mass is 10.0. The van der Waals surface area contributed by atoms with E-state index in [1.807, 2.05) is 0 Å². The van der Waals surface area contributed by atoms with Crippen LogP contribution in [0.4, 0.5) is 0 Å². The molecule has 0 spiro atoms. The summed E-state index contributed by atoms with van der Waals surface area (Å²) in [4.78, 5) is 0. The number of hydrogen-bond acceptors (Lipinski definition) is 0. The van der Waals surface area contributed by atoms with Crippen LogP contribution in [0.2, 0.25) is 0 Å². The van der Waals surface area contributed by atoms with E-state index in [2.05, 4.69) is 226 Å². The number of rotatable bonds is 5. The Kier molecular flexibility index (Phi) is 6.93. The molecule has 0 amide bonds. The summed E-state index contributed by atoms with van der Waals surface area (Å²) in [5.41, 5.74) is 15.4. The third-order valence-corrected chi connectivity index (χ3v) is 11.8. The summed E-state index contributed by atoms with van der Waals surface area (Å²) in [5, 5.41) is 7.45. The van der Waals surface area contributed by atoms with E-state index in [-0.39, 0.29) is 0 Å². The van der Waals surface area contributed by atoms with Crippen LogP contribution >= 0.6 is 0 Å². The van der Waals surface area contributed by atoms with Crippen LogP contribution in [0.1, 0.15) is 0 Å². The maximum Gasteiger partial charge on any atom is 0.0641 e. The van der Waals surface area contributed by atoms with Gasteiger partial charge < -0.3 is 13.7 Å². The predicted octanol–water partition coefficient (Wildman–Crippen LogP) is 14.3. The SMILES string of the molecule is c1ccc(-c2cccc(-n3c4ccccc4c4c3ccc3c5ccc(-n6c7ccccc7c7ccccc76)cc5n(-c5cccc(-c6ccccc6)c5)c34)c2)cc1. The topological polar surface area (TPSA) is 14.8 Å². The first-order valence-corrected chi connectivity index (χ1v) is 19.6. The van der Waals surface area contributed by atoms with Crippen LogP contribution in [0.15, 0.2) is 212 Å². The first-order chi connectivity index (χ1) is 28.3. The lowest BCUT2D eigenvalue weighted by molar-refractivity contribution is 1.16. The second-order valence-electron chi connectivity index (χ2n) is 14.9. The number of aromatic nitrogens is 3. The molecule has 0 aliphatic heterocycles. The molecule has 0 aliphatic carbocycles. The molecule has 0 atom stereocenters. The van der Waals surface area contributed by atoms with Gasteiger partial charge in [-0.15, -0.1) is 0 Å². The highest BCUT2D eigenvalue weighted by Gasteiger charge is 2.22. The van der Waals surface area contributed by atoms with E-state index in [1.54, 1.807) is 0 Å². The van der Waals surface area contributed by atoms with E-state index in [9.17, 15) is 0 Å². The highest BCUT2D eigenvalue weighted by Crippen LogP contribution is 2.44. The predicted molar refractivity (Wildman–Crippen MR) is 240 cm³/mol. The van der Waals surface area contributed by atoms with Gasteiger partial charge in [0.2, 0.25) is 0 Å². The second-order valence-corrected chi connectivity index (χ2v) is 14.9. The number of nitrogens with zero attached hydrogens (tertiary/aromatic N) is 3. The largest absolute Gasteiger partial charge is 0.309 e. The van der Waals surface area contributed by atoms with Gasteiger partial charge in [0.15, 0.2) is 0 Å². The maximum atomic E-state index is 2.52. The van der Waals surface area contributed by atoms with Crippen LogP contribution in [-0.4, -0.2) is 13.7 Å². The number of benzene rings is 9. The average molecular weight is 726 g/mol. The van der Waals surface area contributed by atoms with Crippen molar-refractivity contribution in [1.29, 1.82) is 0 Å². The van der Waals surface area contributed by atoms with Crippen molar-refractivity contribution in [3.63, 3.8) is 0 Å². The number of hydrogen-bond donors (Lipinski definition) is 0. The Labute approximate surface area is 329 Å². The van der Waals surface area contributed by atoms with Gasteiger partial charge in [-0.2, -0.15) is 0 Å². The zero-order valence-corrected chi connectivity index (χ0v) is 31.0. The van der Waals surface area contributed by atoms with Crippen molar-refractivity contribution in [3.05, 3.63) is 212 Å². The number of para-hydroxylation sites is 3. The molecular formula is C54H35N3. The van der Waals surface area contributed by atoms with Crippen molar-refractivity contribution < 1.29 is 0 Å². The molecule has 9 aromatic carbocycles. The molecule has 0 saturated carbocycles. The van der Waals surface area contributed by atoms with Gasteiger partial charge >= 0.3 is 0 Å².